The first-order chi connectivity index (χ1) is 7.47. The van der Waals surface area contributed by atoms with E-state index in [2.05, 4.69) is 21.0 Å². The molecule has 0 bridgehead atoms. The van der Waals surface area contributed by atoms with Crippen LogP contribution in [-0.4, -0.2) is 23.0 Å². The number of nitrogens with two attached hydrogens (primary N) is 2. The molecule has 0 aliphatic heterocycles. The van der Waals surface area contributed by atoms with Crippen molar-refractivity contribution < 1.29 is 5.11 Å². The van der Waals surface area contributed by atoms with Crippen LogP contribution in [0.1, 0.15) is 17.2 Å². The van der Waals surface area contributed by atoms with Crippen LogP contribution in [-0.2, 0) is 0 Å². The highest BCUT2D eigenvalue weighted by Crippen LogP contribution is 2.22. The van der Waals surface area contributed by atoms with E-state index in [0.717, 1.165) is 10.0 Å². The Labute approximate surface area is 103 Å². The predicted molar refractivity (Wildman–Crippen MR) is 67.4 cm³/mol. The highest BCUT2D eigenvalue weighted by atomic mass is 79.9. The number of hydrogen-bond donors (Lipinski definition) is 3. The maximum Gasteiger partial charge on any atom is 0.171 e. The van der Waals surface area contributed by atoms with E-state index < -0.39 is 6.10 Å². The van der Waals surface area contributed by atoms with Gasteiger partial charge in [-0.15, -0.1) is 0 Å². The fourth-order valence-corrected chi connectivity index (χ4v) is 1.68. The number of benzene rings is 1. The van der Waals surface area contributed by atoms with E-state index in [0.29, 0.717) is 5.56 Å². The lowest BCUT2D eigenvalue weighted by atomic mass is 10.1. The van der Waals surface area contributed by atoms with E-state index in [1.54, 1.807) is 13.1 Å². The monoisotopic (exact) mass is 286 g/mol. The molecule has 0 spiro atoms. The second kappa shape index (κ2) is 5.29. The third-order valence-corrected chi connectivity index (χ3v) is 3.10. The lowest BCUT2D eigenvalue weighted by molar-refractivity contribution is 0.228. The molecule has 0 aliphatic rings. The number of aryl methyl sites for hydroxylation is 1. The van der Waals surface area contributed by atoms with E-state index in [4.69, 9.17) is 11.7 Å². The summed E-state index contributed by atoms with van der Waals surface area (Å²) in [6.07, 6.45) is -0.933. The smallest absolute Gasteiger partial charge is 0.171 e. The van der Waals surface area contributed by atoms with Gasteiger partial charge in [0.05, 0.1) is 0 Å². The van der Waals surface area contributed by atoms with Crippen LogP contribution in [0.5, 0.6) is 0 Å². The van der Waals surface area contributed by atoms with Gasteiger partial charge in [0.25, 0.3) is 0 Å². The van der Waals surface area contributed by atoms with Crippen molar-refractivity contribution in [2.75, 3.05) is 7.05 Å². The molecule has 0 aromatic heterocycles. The van der Waals surface area contributed by atoms with Gasteiger partial charge in [0.15, 0.2) is 5.84 Å². The summed E-state index contributed by atoms with van der Waals surface area (Å²) in [6.45, 7) is 1.97. The van der Waals surface area contributed by atoms with Gasteiger partial charge < -0.3 is 10.9 Å². The van der Waals surface area contributed by atoms with Crippen molar-refractivity contribution in [2.24, 2.45) is 16.8 Å². The second-order valence-corrected chi connectivity index (χ2v) is 4.36. The van der Waals surface area contributed by atoms with Gasteiger partial charge in [0.2, 0.25) is 0 Å². The molecular formula is C10H15BrN4O. The lowest BCUT2D eigenvalue weighted by Crippen LogP contribution is -2.38. The Morgan fingerprint density at radius 3 is 2.62 bits per heavy atom. The standard InChI is InChI=1S/C10H15BrN4O/c1-6-3-4-7(5-8(6)11)9(16)10(14-12)15(2)13/h3-5,9,16H,12-13H2,1-2H3/b14-10-. The van der Waals surface area contributed by atoms with Crippen LogP contribution in [0.2, 0.25) is 0 Å². The van der Waals surface area contributed by atoms with Crippen molar-refractivity contribution in [3.8, 4) is 0 Å². The van der Waals surface area contributed by atoms with Gasteiger partial charge in [-0.05, 0) is 24.1 Å². The first-order valence-electron chi connectivity index (χ1n) is 4.67. The number of hydrogen-bond acceptors (Lipinski definition) is 4. The zero-order valence-corrected chi connectivity index (χ0v) is 10.8. The highest BCUT2D eigenvalue weighted by molar-refractivity contribution is 9.10. The topological polar surface area (TPSA) is 87.9 Å². The fourth-order valence-electron chi connectivity index (χ4n) is 1.28. The van der Waals surface area contributed by atoms with Gasteiger partial charge in [-0.2, -0.15) is 5.10 Å². The van der Waals surface area contributed by atoms with E-state index in [1.807, 2.05) is 19.1 Å². The summed E-state index contributed by atoms with van der Waals surface area (Å²) < 4.78 is 0.917. The summed E-state index contributed by atoms with van der Waals surface area (Å²) in [5, 5.41) is 14.7. The van der Waals surface area contributed by atoms with Gasteiger partial charge in [0.1, 0.15) is 6.10 Å². The Bertz CT molecular complexity index is 406. The number of aliphatic hydroxyl groups excluding tert-OH is 1. The first-order valence-corrected chi connectivity index (χ1v) is 5.47. The van der Waals surface area contributed by atoms with Gasteiger partial charge in [-0.25, -0.2) is 5.84 Å². The molecule has 1 rings (SSSR count). The largest absolute Gasteiger partial charge is 0.380 e. The molecule has 0 heterocycles. The average Bonchev–Trinajstić information content (AvgIpc) is 2.22. The number of rotatable bonds is 2. The van der Waals surface area contributed by atoms with Crippen molar-refractivity contribution in [2.45, 2.75) is 13.0 Å². The summed E-state index contributed by atoms with van der Waals surface area (Å²) in [6, 6.07) is 5.52. The van der Waals surface area contributed by atoms with Gasteiger partial charge in [0, 0.05) is 11.5 Å². The molecule has 0 saturated heterocycles. The van der Waals surface area contributed by atoms with Gasteiger partial charge in [-0.1, -0.05) is 28.1 Å². The molecule has 88 valence electrons. The lowest BCUT2D eigenvalue weighted by Gasteiger charge is -2.20. The Morgan fingerprint density at radius 2 is 2.19 bits per heavy atom. The number of nitrogens with zero attached hydrogens (tertiary/aromatic N) is 2. The normalized spacial score (nSPS) is 13.7. The van der Waals surface area contributed by atoms with Crippen LogP contribution in [0.4, 0.5) is 0 Å². The maximum atomic E-state index is 10.0. The van der Waals surface area contributed by atoms with Crippen molar-refractivity contribution in [3.05, 3.63) is 33.8 Å². The minimum Gasteiger partial charge on any atom is -0.380 e. The van der Waals surface area contributed by atoms with E-state index >= 15 is 0 Å². The minimum absolute atomic E-state index is 0.204. The van der Waals surface area contributed by atoms with Crippen LogP contribution in [0.15, 0.2) is 27.8 Å². The van der Waals surface area contributed by atoms with Gasteiger partial charge >= 0.3 is 0 Å². The fraction of sp³-hybridized carbons (Fsp3) is 0.300. The third kappa shape index (κ3) is 2.72. The Morgan fingerprint density at radius 1 is 1.56 bits per heavy atom. The van der Waals surface area contributed by atoms with Crippen molar-refractivity contribution in [1.82, 2.24) is 5.01 Å². The number of hydrazone groups is 1. The van der Waals surface area contributed by atoms with E-state index in [-0.39, 0.29) is 5.84 Å². The molecule has 0 saturated carbocycles. The Kier molecular flexibility index (Phi) is 4.28. The maximum absolute atomic E-state index is 10.0. The van der Waals surface area contributed by atoms with Crippen molar-refractivity contribution in [3.63, 3.8) is 0 Å². The van der Waals surface area contributed by atoms with Crippen LogP contribution in [0.3, 0.4) is 0 Å². The first kappa shape index (κ1) is 13.0. The Balaban J connectivity index is 3.04. The molecule has 5 N–H and O–H groups in total. The molecule has 0 aliphatic carbocycles. The molecule has 1 aromatic rings. The van der Waals surface area contributed by atoms with Crippen LogP contribution in [0, 0.1) is 6.92 Å². The summed E-state index contributed by atoms with van der Waals surface area (Å²) >= 11 is 3.40. The molecule has 16 heavy (non-hydrogen) atoms. The molecule has 5 nitrogen and oxygen atoms in total. The summed E-state index contributed by atoms with van der Waals surface area (Å²) in [5.41, 5.74) is 1.77. The summed E-state index contributed by atoms with van der Waals surface area (Å²) in [5.74, 6) is 10.9. The SMILES string of the molecule is Cc1ccc(C(O)/C(=N/N)N(C)N)cc1Br. The quantitative estimate of drug-likeness (QED) is 0.326. The minimum atomic E-state index is -0.933. The van der Waals surface area contributed by atoms with E-state index in [9.17, 15) is 5.11 Å². The summed E-state index contributed by atoms with van der Waals surface area (Å²) in [4.78, 5) is 0. The molecule has 1 aromatic carbocycles. The van der Waals surface area contributed by atoms with Crippen molar-refractivity contribution in [1.29, 1.82) is 0 Å². The molecule has 0 amide bonds. The predicted octanol–water partition coefficient (Wildman–Crippen LogP) is 0.869. The molecule has 0 fully saturated rings. The average molecular weight is 287 g/mol. The number of hydrazine groups is 1. The van der Waals surface area contributed by atoms with Crippen LogP contribution < -0.4 is 11.7 Å². The number of halogens is 1. The molecule has 6 heteroatoms. The summed E-state index contributed by atoms with van der Waals surface area (Å²) in [7, 11) is 1.57. The van der Waals surface area contributed by atoms with Crippen LogP contribution in [0.25, 0.3) is 0 Å². The third-order valence-electron chi connectivity index (χ3n) is 2.25. The molecule has 1 unspecified atom stereocenters. The van der Waals surface area contributed by atoms with Crippen LogP contribution >= 0.6 is 15.9 Å². The Hall–Kier alpha value is -1.11. The molecular weight excluding hydrogens is 272 g/mol. The van der Waals surface area contributed by atoms with E-state index in [1.165, 1.54) is 5.01 Å². The molecule has 1 atom stereocenters. The number of amidine groups is 1. The zero-order chi connectivity index (χ0) is 12.3. The second-order valence-electron chi connectivity index (χ2n) is 3.51. The van der Waals surface area contributed by atoms with Gasteiger partial charge in [-0.3, -0.25) is 5.01 Å². The number of likely N-dealkylation sites (N-methyl/N-ethyl adjacent to an activating group) is 1. The van der Waals surface area contributed by atoms with Crippen molar-refractivity contribution >= 4 is 21.8 Å². The highest BCUT2D eigenvalue weighted by Gasteiger charge is 2.18. The zero-order valence-electron chi connectivity index (χ0n) is 9.18. The molecule has 0 radical (unpaired) electrons. The number of aliphatic hydroxyl groups is 1.